The van der Waals surface area contributed by atoms with Gasteiger partial charge in [0, 0.05) is 10.6 Å². The summed E-state index contributed by atoms with van der Waals surface area (Å²) < 4.78 is 5.19. The quantitative estimate of drug-likeness (QED) is 0.737. The van der Waals surface area contributed by atoms with E-state index in [0.717, 1.165) is 0 Å². The van der Waals surface area contributed by atoms with E-state index < -0.39 is 0 Å². The van der Waals surface area contributed by atoms with Crippen LogP contribution in [0.2, 0.25) is 10.0 Å². The molecule has 0 radical (unpaired) electrons. The van der Waals surface area contributed by atoms with Crippen molar-refractivity contribution in [3.8, 4) is 17.1 Å². The zero-order valence-electron chi connectivity index (χ0n) is 13.1. The van der Waals surface area contributed by atoms with Crippen molar-refractivity contribution in [2.24, 2.45) is 0 Å². The van der Waals surface area contributed by atoms with E-state index in [1.165, 1.54) is 11.9 Å². The van der Waals surface area contributed by atoms with Gasteiger partial charge >= 0.3 is 0 Å². The molecule has 2 aromatic carbocycles. The number of nitrogens with one attached hydrogen (secondary N) is 1. The van der Waals surface area contributed by atoms with E-state index in [-0.39, 0.29) is 12.5 Å². The van der Waals surface area contributed by atoms with Crippen LogP contribution in [0.3, 0.4) is 0 Å². The summed E-state index contributed by atoms with van der Waals surface area (Å²) in [4.78, 5) is 13.4. The first kappa shape index (κ1) is 17.2. The zero-order valence-corrected chi connectivity index (χ0v) is 14.6. The van der Waals surface area contributed by atoms with Gasteiger partial charge in [-0.1, -0.05) is 35.3 Å². The highest BCUT2D eigenvalue weighted by Gasteiger charge is 2.13. The fourth-order valence-corrected chi connectivity index (χ4v) is 2.55. The number of hydrogen-bond donors (Lipinski definition) is 1. The van der Waals surface area contributed by atoms with E-state index in [4.69, 9.17) is 27.9 Å². The van der Waals surface area contributed by atoms with Crippen molar-refractivity contribution in [2.75, 3.05) is 12.4 Å². The number of hydrogen-bond acceptors (Lipinski definition) is 5. The van der Waals surface area contributed by atoms with Crippen molar-refractivity contribution >= 4 is 34.8 Å². The Balaban J connectivity index is 1.72. The van der Waals surface area contributed by atoms with Crippen LogP contribution in [-0.2, 0) is 11.3 Å². The first-order valence-corrected chi connectivity index (χ1v) is 7.98. The largest absolute Gasteiger partial charge is 0.495 e. The van der Waals surface area contributed by atoms with Crippen LogP contribution < -0.4 is 10.1 Å². The van der Waals surface area contributed by atoms with E-state index in [2.05, 4.69) is 20.7 Å². The summed E-state index contributed by atoms with van der Waals surface area (Å²) in [5, 5.41) is 15.7. The Labute approximate surface area is 153 Å². The molecule has 0 saturated heterocycles. The highest BCUT2D eigenvalue weighted by atomic mass is 35.5. The number of tetrazole rings is 1. The predicted molar refractivity (Wildman–Crippen MR) is 94.9 cm³/mol. The molecule has 0 atom stereocenters. The second kappa shape index (κ2) is 7.50. The number of aromatic nitrogens is 4. The smallest absolute Gasteiger partial charge is 0.248 e. The Morgan fingerprint density at radius 1 is 1.24 bits per heavy atom. The lowest BCUT2D eigenvalue weighted by atomic mass is 10.2. The van der Waals surface area contributed by atoms with E-state index in [9.17, 15) is 4.79 Å². The number of rotatable bonds is 5. The Morgan fingerprint density at radius 2 is 2.04 bits per heavy atom. The summed E-state index contributed by atoms with van der Waals surface area (Å²) in [5.74, 6) is 0.503. The van der Waals surface area contributed by atoms with E-state index >= 15 is 0 Å². The van der Waals surface area contributed by atoms with Crippen molar-refractivity contribution in [3.63, 3.8) is 0 Å². The number of methoxy groups -OCH3 is 1. The van der Waals surface area contributed by atoms with Gasteiger partial charge in [0.25, 0.3) is 0 Å². The molecule has 0 bridgehead atoms. The van der Waals surface area contributed by atoms with Gasteiger partial charge in [-0.2, -0.15) is 4.80 Å². The summed E-state index contributed by atoms with van der Waals surface area (Å²) >= 11 is 12.1. The van der Waals surface area contributed by atoms with Gasteiger partial charge in [0.1, 0.15) is 12.3 Å². The molecule has 0 saturated carbocycles. The van der Waals surface area contributed by atoms with Crippen molar-refractivity contribution in [3.05, 3.63) is 52.5 Å². The third-order valence-corrected chi connectivity index (χ3v) is 3.85. The minimum Gasteiger partial charge on any atom is -0.495 e. The Bertz CT molecular complexity index is 913. The van der Waals surface area contributed by atoms with Crippen LogP contribution in [0.5, 0.6) is 5.75 Å². The standard InChI is InChI=1S/C16H13Cl2N5O2/c1-25-14-7-6-10(17)8-13(14)19-15(24)9-23-21-16(20-22-23)11-4-2-3-5-12(11)18/h2-8H,9H2,1H3,(H,19,24). The number of ether oxygens (including phenoxy) is 1. The maximum Gasteiger partial charge on any atom is 0.248 e. The molecule has 0 unspecified atom stereocenters. The van der Waals surface area contributed by atoms with Crippen LogP contribution >= 0.6 is 23.2 Å². The fourth-order valence-electron chi connectivity index (χ4n) is 2.16. The van der Waals surface area contributed by atoms with Crippen LogP contribution in [0.1, 0.15) is 0 Å². The minimum atomic E-state index is -0.344. The molecule has 0 aliphatic carbocycles. The Kier molecular flexibility index (Phi) is 5.16. The molecule has 0 spiro atoms. The molecule has 25 heavy (non-hydrogen) atoms. The van der Waals surface area contributed by atoms with Gasteiger partial charge in [-0.25, -0.2) is 0 Å². The van der Waals surface area contributed by atoms with E-state index in [1.807, 2.05) is 12.1 Å². The van der Waals surface area contributed by atoms with Crippen molar-refractivity contribution in [2.45, 2.75) is 6.54 Å². The highest BCUT2D eigenvalue weighted by molar-refractivity contribution is 6.33. The van der Waals surface area contributed by atoms with Gasteiger partial charge in [-0.05, 0) is 35.5 Å². The fraction of sp³-hybridized carbons (Fsp3) is 0.125. The molecule has 9 heteroatoms. The number of halogens is 2. The van der Waals surface area contributed by atoms with Crippen molar-refractivity contribution < 1.29 is 9.53 Å². The monoisotopic (exact) mass is 377 g/mol. The maximum absolute atomic E-state index is 12.2. The van der Waals surface area contributed by atoms with Gasteiger partial charge in [-0.3, -0.25) is 4.79 Å². The molecule has 1 amide bonds. The van der Waals surface area contributed by atoms with Gasteiger partial charge in [0.15, 0.2) is 0 Å². The molecule has 1 N–H and O–H groups in total. The molecule has 3 rings (SSSR count). The molecule has 0 fully saturated rings. The minimum absolute atomic E-state index is 0.118. The molecule has 1 aromatic heterocycles. The molecular formula is C16H13Cl2N5O2. The van der Waals surface area contributed by atoms with Crippen LogP contribution in [0.4, 0.5) is 5.69 Å². The zero-order chi connectivity index (χ0) is 17.8. The van der Waals surface area contributed by atoms with Crippen LogP contribution in [0, 0.1) is 0 Å². The van der Waals surface area contributed by atoms with Crippen LogP contribution in [0.25, 0.3) is 11.4 Å². The summed E-state index contributed by atoms with van der Waals surface area (Å²) in [5.41, 5.74) is 1.11. The molecule has 7 nitrogen and oxygen atoms in total. The molecular weight excluding hydrogens is 365 g/mol. The lowest BCUT2D eigenvalue weighted by molar-refractivity contribution is -0.117. The van der Waals surface area contributed by atoms with Gasteiger partial charge < -0.3 is 10.1 Å². The number of amides is 1. The van der Waals surface area contributed by atoms with E-state index in [1.54, 1.807) is 30.3 Å². The Morgan fingerprint density at radius 3 is 2.80 bits per heavy atom. The summed E-state index contributed by atoms with van der Waals surface area (Å²) in [6.45, 7) is -0.118. The van der Waals surface area contributed by atoms with Crippen molar-refractivity contribution in [1.82, 2.24) is 20.2 Å². The summed E-state index contributed by atoms with van der Waals surface area (Å²) in [6.07, 6.45) is 0. The van der Waals surface area contributed by atoms with Crippen LogP contribution in [0.15, 0.2) is 42.5 Å². The number of carbonyl (C=O) groups is 1. The third-order valence-electron chi connectivity index (χ3n) is 3.29. The first-order chi connectivity index (χ1) is 12.1. The molecule has 0 aliphatic heterocycles. The lowest BCUT2D eigenvalue weighted by Crippen LogP contribution is -2.20. The SMILES string of the molecule is COc1ccc(Cl)cc1NC(=O)Cn1nnc(-c2ccccc2Cl)n1. The number of nitrogens with zero attached hydrogens (tertiary/aromatic N) is 4. The Hall–Kier alpha value is -2.64. The van der Waals surface area contributed by atoms with Crippen molar-refractivity contribution in [1.29, 1.82) is 0 Å². The van der Waals surface area contributed by atoms with Crippen LogP contribution in [-0.4, -0.2) is 33.2 Å². The topological polar surface area (TPSA) is 81.9 Å². The molecule has 128 valence electrons. The number of benzene rings is 2. The summed E-state index contributed by atoms with van der Waals surface area (Å²) in [6, 6.07) is 12.1. The predicted octanol–water partition coefficient (Wildman–Crippen LogP) is 3.29. The average Bonchev–Trinajstić information content (AvgIpc) is 3.03. The van der Waals surface area contributed by atoms with E-state index in [0.29, 0.717) is 32.9 Å². The first-order valence-electron chi connectivity index (χ1n) is 7.23. The van der Waals surface area contributed by atoms with Gasteiger partial charge in [-0.15, -0.1) is 10.2 Å². The normalized spacial score (nSPS) is 10.5. The van der Waals surface area contributed by atoms with Gasteiger partial charge in [0.2, 0.25) is 11.7 Å². The molecule has 3 aromatic rings. The number of carbonyl (C=O) groups excluding carboxylic acids is 1. The maximum atomic E-state index is 12.2. The molecule has 0 aliphatic rings. The third kappa shape index (κ3) is 4.07. The average molecular weight is 378 g/mol. The lowest BCUT2D eigenvalue weighted by Gasteiger charge is -2.10. The van der Waals surface area contributed by atoms with Gasteiger partial charge in [0.05, 0.1) is 17.8 Å². The molecule has 1 heterocycles. The second-order valence-electron chi connectivity index (χ2n) is 5.02. The highest BCUT2D eigenvalue weighted by Crippen LogP contribution is 2.27. The summed E-state index contributed by atoms with van der Waals surface area (Å²) in [7, 11) is 1.51. The second-order valence-corrected chi connectivity index (χ2v) is 5.86. The number of anilines is 1.